The van der Waals surface area contributed by atoms with Crippen molar-refractivity contribution in [1.29, 1.82) is 0 Å². The van der Waals surface area contributed by atoms with Crippen molar-refractivity contribution in [2.45, 2.75) is 17.7 Å². The molecule has 2 unspecified atom stereocenters. The van der Waals surface area contributed by atoms with Gasteiger partial charge in [-0.2, -0.15) is 4.31 Å². The molecule has 2 aromatic carbocycles. The molecular formula is C22H25ClN2O4S. The van der Waals surface area contributed by atoms with Crippen LogP contribution < -0.4 is 0 Å². The first-order valence-corrected chi connectivity index (χ1v) is 11.9. The summed E-state index contributed by atoms with van der Waals surface area (Å²) in [6, 6.07) is 14.1. The summed E-state index contributed by atoms with van der Waals surface area (Å²) in [6.45, 7) is 4.55. The summed E-state index contributed by atoms with van der Waals surface area (Å²) < 4.78 is 33.4. The zero-order chi connectivity index (χ0) is 21.3. The number of hydrogen-bond donors (Lipinski definition) is 0. The van der Waals surface area contributed by atoms with E-state index < -0.39 is 15.9 Å². The Labute approximate surface area is 182 Å². The Morgan fingerprint density at radius 1 is 1.03 bits per heavy atom. The van der Waals surface area contributed by atoms with Gasteiger partial charge in [0.25, 0.3) is 0 Å². The lowest BCUT2D eigenvalue weighted by molar-refractivity contribution is -0.139. The number of amides is 1. The number of hydrogen-bond acceptors (Lipinski definition) is 4. The minimum atomic E-state index is -3.73. The van der Waals surface area contributed by atoms with Crippen molar-refractivity contribution in [3.63, 3.8) is 0 Å². The summed E-state index contributed by atoms with van der Waals surface area (Å²) in [5.41, 5.74) is 2.09. The van der Waals surface area contributed by atoms with E-state index in [4.69, 9.17) is 16.3 Å². The first kappa shape index (κ1) is 21.3. The molecule has 2 atom stereocenters. The van der Waals surface area contributed by atoms with Crippen molar-refractivity contribution >= 4 is 27.5 Å². The van der Waals surface area contributed by atoms with Gasteiger partial charge in [0, 0.05) is 37.1 Å². The minimum absolute atomic E-state index is 0.000333. The second-order valence-corrected chi connectivity index (χ2v) is 10.2. The molecule has 4 rings (SSSR count). The monoisotopic (exact) mass is 448 g/mol. The molecule has 0 N–H and O–H groups in total. The van der Waals surface area contributed by atoms with Gasteiger partial charge >= 0.3 is 0 Å². The molecule has 0 bridgehead atoms. The number of nitrogens with zero attached hydrogens (tertiary/aromatic N) is 2. The third-order valence-electron chi connectivity index (χ3n) is 5.97. The van der Waals surface area contributed by atoms with Crippen molar-refractivity contribution in [3.8, 4) is 0 Å². The summed E-state index contributed by atoms with van der Waals surface area (Å²) in [7, 11) is -3.73. The van der Waals surface area contributed by atoms with Crippen molar-refractivity contribution in [3.05, 3.63) is 64.7 Å². The van der Waals surface area contributed by atoms with Gasteiger partial charge in [0.05, 0.1) is 24.0 Å². The fraction of sp³-hybridized carbons (Fsp3) is 0.409. The van der Waals surface area contributed by atoms with E-state index in [-0.39, 0.29) is 29.8 Å². The summed E-state index contributed by atoms with van der Waals surface area (Å²) in [5.74, 6) is -0.616. The van der Waals surface area contributed by atoms with Crippen molar-refractivity contribution in [2.24, 2.45) is 5.92 Å². The van der Waals surface area contributed by atoms with Crippen LogP contribution in [-0.4, -0.2) is 62.9 Å². The maximum atomic E-state index is 13.4. The van der Waals surface area contributed by atoms with E-state index in [0.29, 0.717) is 31.3 Å². The second-order valence-electron chi connectivity index (χ2n) is 7.78. The standard InChI is InChI=1S/C22H25ClN2O4S/c1-16-4-2-3-5-19(16)20-14-25(30(27,28)18-8-6-17(23)7-9-18)15-21(20)22(26)24-10-12-29-13-11-24/h2-9,20-21H,10-15H2,1H3. The normalized spacial score (nSPS) is 22.9. The van der Waals surface area contributed by atoms with Crippen molar-refractivity contribution < 1.29 is 17.9 Å². The Morgan fingerprint density at radius 2 is 1.70 bits per heavy atom. The zero-order valence-corrected chi connectivity index (χ0v) is 18.4. The summed E-state index contributed by atoms with van der Waals surface area (Å²) >= 11 is 5.92. The van der Waals surface area contributed by atoms with Gasteiger partial charge in [-0.3, -0.25) is 4.79 Å². The van der Waals surface area contributed by atoms with Gasteiger partial charge in [-0.1, -0.05) is 35.9 Å². The molecule has 0 radical (unpaired) electrons. The van der Waals surface area contributed by atoms with Crippen LogP contribution in [0.15, 0.2) is 53.4 Å². The number of ether oxygens (including phenoxy) is 1. The van der Waals surface area contributed by atoms with Crippen LogP contribution in [0.25, 0.3) is 0 Å². The lowest BCUT2D eigenvalue weighted by atomic mass is 9.85. The van der Waals surface area contributed by atoms with E-state index >= 15 is 0 Å². The molecule has 2 aliphatic heterocycles. The zero-order valence-electron chi connectivity index (χ0n) is 16.8. The smallest absolute Gasteiger partial charge is 0.243 e. The molecule has 30 heavy (non-hydrogen) atoms. The Kier molecular flexibility index (Phi) is 6.16. The van der Waals surface area contributed by atoms with E-state index in [9.17, 15) is 13.2 Å². The Balaban J connectivity index is 1.67. The maximum Gasteiger partial charge on any atom is 0.243 e. The van der Waals surface area contributed by atoms with Gasteiger partial charge in [-0.05, 0) is 42.3 Å². The molecule has 0 saturated carbocycles. The largest absolute Gasteiger partial charge is 0.378 e. The van der Waals surface area contributed by atoms with E-state index in [1.165, 1.54) is 16.4 Å². The number of sulfonamides is 1. The number of morpholine rings is 1. The van der Waals surface area contributed by atoms with Crippen LogP contribution in [0.2, 0.25) is 5.02 Å². The number of aryl methyl sites for hydroxylation is 1. The lowest BCUT2D eigenvalue weighted by Gasteiger charge is -2.31. The number of carbonyl (C=O) groups excluding carboxylic acids is 1. The van der Waals surface area contributed by atoms with E-state index in [0.717, 1.165) is 11.1 Å². The highest BCUT2D eigenvalue weighted by Gasteiger charge is 2.45. The molecule has 2 aromatic rings. The fourth-order valence-electron chi connectivity index (χ4n) is 4.31. The highest BCUT2D eigenvalue weighted by molar-refractivity contribution is 7.89. The molecule has 160 valence electrons. The van der Waals surface area contributed by atoms with Gasteiger partial charge in [-0.25, -0.2) is 8.42 Å². The number of halogens is 1. The van der Waals surface area contributed by atoms with Crippen LogP contribution in [-0.2, 0) is 19.6 Å². The molecule has 0 aromatic heterocycles. The lowest BCUT2D eigenvalue weighted by Crippen LogP contribution is -2.45. The molecule has 1 amide bonds. The highest BCUT2D eigenvalue weighted by Crippen LogP contribution is 2.38. The molecular weight excluding hydrogens is 424 g/mol. The summed E-state index contributed by atoms with van der Waals surface area (Å²) in [5, 5.41) is 0.480. The molecule has 2 saturated heterocycles. The van der Waals surface area contributed by atoms with Crippen LogP contribution in [0.5, 0.6) is 0 Å². The average molecular weight is 449 g/mol. The Morgan fingerprint density at radius 3 is 2.37 bits per heavy atom. The molecule has 2 aliphatic rings. The number of rotatable bonds is 4. The molecule has 2 heterocycles. The topological polar surface area (TPSA) is 66.9 Å². The fourth-order valence-corrected chi connectivity index (χ4v) is 5.92. The molecule has 0 spiro atoms. The summed E-state index contributed by atoms with van der Waals surface area (Å²) in [6.07, 6.45) is 0. The first-order valence-electron chi connectivity index (χ1n) is 10.1. The maximum absolute atomic E-state index is 13.4. The third kappa shape index (κ3) is 4.12. The molecule has 6 nitrogen and oxygen atoms in total. The van der Waals surface area contributed by atoms with Gasteiger partial charge < -0.3 is 9.64 Å². The predicted octanol–water partition coefficient (Wildman–Crippen LogP) is 2.91. The average Bonchev–Trinajstić information content (AvgIpc) is 3.20. The predicted molar refractivity (Wildman–Crippen MR) is 115 cm³/mol. The minimum Gasteiger partial charge on any atom is -0.378 e. The number of benzene rings is 2. The van der Waals surface area contributed by atoms with E-state index in [2.05, 4.69) is 0 Å². The van der Waals surface area contributed by atoms with Gasteiger partial charge in [0.15, 0.2) is 0 Å². The Bertz CT molecular complexity index is 1020. The van der Waals surface area contributed by atoms with E-state index in [1.54, 1.807) is 17.0 Å². The highest BCUT2D eigenvalue weighted by atomic mass is 35.5. The van der Waals surface area contributed by atoms with Crippen LogP contribution in [0.4, 0.5) is 0 Å². The van der Waals surface area contributed by atoms with Crippen molar-refractivity contribution in [2.75, 3.05) is 39.4 Å². The third-order valence-corrected chi connectivity index (χ3v) is 8.06. The van der Waals surface area contributed by atoms with Crippen molar-refractivity contribution in [1.82, 2.24) is 9.21 Å². The van der Waals surface area contributed by atoms with Crippen LogP contribution in [0, 0.1) is 12.8 Å². The van der Waals surface area contributed by atoms with Crippen LogP contribution in [0.3, 0.4) is 0 Å². The van der Waals surface area contributed by atoms with E-state index in [1.807, 2.05) is 31.2 Å². The first-order chi connectivity index (χ1) is 14.4. The van der Waals surface area contributed by atoms with Crippen LogP contribution >= 0.6 is 11.6 Å². The molecule has 2 fully saturated rings. The van der Waals surface area contributed by atoms with Crippen LogP contribution in [0.1, 0.15) is 17.0 Å². The SMILES string of the molecule is Cc1ccccc1C1CN(S(=O)(=O)c2ccc(Cl)cc2)CC1C(=O)N1CCOCC1. The van der Waals surface area contributed by atoms with Gasteiger partial charge in [0.1, 0.15) is 0 Å². The summed E-state index contributed by atoms with van der Waals surface area (Å²) in [4.78, 5) is 15.4. The number of carbonyl (C=O) groups is 1. The molecule has 8 heteroatoms. The second kappa shape index (κ2) is 8.67. The van der Waals surface area contributed by atoms with Gasteiger partial charge in [0.2, 0.25) is 15.9 Å². The quantitative estimate of drug-likeness (QED) is 0.721. The van der Waals surface area contributed by atoms with Gasteiger partial charge in [-0.15, -0.1) is 0 Å². The molecule has 0 aliphatic carbocycles. The Hall–Kier alpha value is -1.93.